The molecule has 2 rings (SSSR count). The van der Waals surface area contributed by atoms with Crippen molar-refractivity contribution in [3.05, 3.63) is 40.4 Å². The van der Waals surface area contributed by atoms with Gasteiger partial charge in [-0.05, 0) is 61.4 Å². The highest BCUT2D eigenvalue weighted by Gasteiger charge is 2.19. The number of hydrogen-bond acceptors (Lipinski definition) is 1. The van der Waals surface area contributed by atoms with Gasteiger partial charge in [-0.3, -0.25) is 4.79 Å². The maximum Gasteiger partial charge on any atom is 0.152 e. The fraction of sp³-hybridized carbons (Fsp3) is 0.438. The molecule has 1 aromatic carbocycles. The van der Waals surface area contributed by atoms with E-state index >= 15 is 0 Å². The molecule has 1 aliphatic rings. The molecule has 18 heavy (non-hydrogen) atoms. The van der Waals surface area contributed by atoms with E-state index in [2.05, 4.69) is 12.1 Å². The van der Waals surface area contributed by atoms with Crippen molar-refractivity contribution in [3.63, 3.8) is 0 Å². The van der Waals surface area contributed by atoms with Crippen molar-refractivity contribution >= 4 is 23.0 Å². The van der Waals surface area contributed by atoms with E-state index in [0.717, 1.165) is 16.2 Å². The lowest BCUT2D eigenvalue weighted by Gasteiger charge is -2.13. The van der Waals surface area contributed by atoms with E-state index in [4.69, 9.17) is 11.6 Å². The number of carbonyl (C=O) groups excluding carboxylic acids is 1. The van der Waals surface area contributed by atoms with Gasteiger partial charge in [-0.25, -0.2) is 0 Å². The Morgan fingerprint density at radius 2 is 1.94 bits per heavy atom. The van der Waals surface area contributed by atoms with Gasteiger partial charge in [0.15, 0.2) is 5.78 Å². The van der Waals surface area contributed by atoms with Crippen LogP contribution >= 0.6 is 11.6 Å². The van der Waals surface area contributed by atoms with E-state index in [1.54, 1.807) is 13.0 Å². The highest BCUT2D eigenvalue weighted by Crippen LogP contribution is 2.38. The van der Waals surface area contributed by atoms with Gasteiger partial charge in [0.1, 0.15) is 0 Å². The van der Waals surface area contributed by atoms with E-state index < -0.39 is 0 Å². The van der Waals surface area contributed by atoms with Crippen molar-refractivity contribution in [3.8, 4) is 0 Å². The van der Waals surface area contributed by atoms with E-state index in [-0.39, 0.29) is 5.78 Å². The van der Waals surface area contributed by atoms with Crippen LogP contribution in [0, 0.1) is 0 Å². The van der Waals surface area contributed by atoms with Crippen molar-refractivity contribution in [2.24, 2.45) is 0 Å². The lowest BCUT2D eigenvalue weighted by molar-refractivity contribution is -0.112. The fourth-order valence-corrected chi connectivity index (χ4v) is 3.06. The zero-order chi connectivity index (χ0) is 13.1. The van der Waals surface area contributed by atoms with Gasteiger partial charge >= 0.3 is 0 Å². The van der Waals surface area contributed by atoms with Gasteiger partial charge in [0, 0.05) is 5.02 Å². The number of rotatable bonds is 3. The summed E-state index contributed by atoms with van der Waals surface area (Å²) >= 11 is 6.38. The van der Waals surface area contributed by atoms with Crippen LogP contribution in [0.5, 0.6) is 0 Å². The second-order valence-corrected chi connectivity index (χ2v) is 5.56. The molecule has 1 nitrogen and oxygen atoms in total. The van der Waals surface area contributed by atoms with Gasteiger partial charge in [0.25, 0.3) is 0 Å². The molecule has 0 aromatic heterocycles. The predicted octanol–water partition coefficient (Wildman–Crippen LogP) is 4.99. The van der Waals surface area contributed by atoms with Crippen LogP contribution in [0.3, 0.4) is 0 Å². The summed E-state index contributed by atoms with van der Waals surface area (Å²) in [4.78, 5) is 11.1. The predicted molar refractivity (Wildman–Crippen MR) is 77.0 cm³/mol. The van der Waals surface area contributed by atoms with Crippen molar-refractivity contribution in [1.82, 2.24) is 0 Å². The van der Waals surface area contributed by atoms with Crippen LogP contribution in [0.4, 0.5) is 0 Å². The molecule has 0 atom stereocenters. The molecule has 0 unspecified atom stereocenters. The second kappa shape index (κ2) is 5.71. The zero-order valence-corrected chi connectivity index (χ0v) is 11.8. The Morgan fingerprint density at radius 1 is 1.28 bits per heavy atom. The molecule has 0 N–H and O–H groups in total. The number of allylic oxidation sites excluding steroid dienone is 2. The van der Waals surface area contributed by atoms with Crippen LogP contribution < -0.4 is 0 Å². The molecule has 1 saturated carbocycles. The Hall–Kier alpha value is -1.08. The molecule has 1 aromatic rings. The summed E-state index contributed by atoms with van der Waals surface area (Å²) in [5.74, 6) is 0.701. The van der Waals surface area contributed by atoms with Crippen LogP contribution in [-0.2, 0) is 4.79 Å². The van der Waals surface area contributed by atoms with Crippen molar-refractivity contribution in [2.45, 2.75) is 45.4 Å². The first-order chi connectivity index (χ1) is 8.58. The molecule has 0 bridgehead atoms. The summed E-state index contributed by atoms with van der Waals surface area (Å²) in [5.41, 5.74) is 3.29. The summed E-state index contributed by atoms with van der Waals surface area (Å²) < 4.78 is 0. The molecule has 0 radical (unpaired) electrons. The van der Waals surface area contributed by atoms with Crippen LogP contribution in [0.25, 0.3) is 5.57 Å². The molecule has 0 saturated heterocycles. The molecule has 0 amide bonds. The molecule has 0 aliphatic heterocycles. The topological polar surface area (TPSA) is 17.1 Å². The largest absolute Gasteiger partial charge is 0.295 e. The molecule has 96 valence electrons. The third-order valence-corrected chi connectivity index (χ3v) is 4.00. The first-order valence-electron chi connectivity index (χ1n) is 6.56. The van der Waals surface area contributed by atoms with E-state index in [1.165, 1.54) is 31.2 Å². The summed E-state index contributed by atoms with van der Waals surface area (Å²) in [6.07, 6.45) is 6.78. The minimum absolute atomic E-state index is 0.0727. The smallest absolute Gasteiger partial charge is 0.152 e. The Balaban J connectivity index is 2.27. The minimum Gasteiger partial charge on any atom is -0.295 e. The first kappa shape index (κ1) is 13.4. The first-order valence-corrected chi connectivity index (χ1v) is 6.94. The number of halogens is 1. The summed E-state index contributed by atoms with van der Waals surface area (Å²) in [5, 5.41) is 0.843. The van der Waals surface area contributed by atoms with Gasteiger partial charge in [0.05, 0.1) is 0 Å². The van der Waals surface area contributed by atoms with Crippen LogP contribution in [0.1, 0.15) is 56.6 Å². The highest BCUT2D eigenvalue weighted by atomic mass is 35.5. The monoisotopic (exact) mass is 262 g/mol. The lowest BCUT2D eigenvalue weighted by Crippen LogP contribution is -1.95. The Morgan fingerprint density at radius 3 is 2.50 bits per heavy atom. The van der Waals surface area contributed by atoms with Crippen LogP contribution in [0.2, 0.25) is 5.02 Å². The van der Waals surface area contributed by atoms with Crippen molar-refractivity contribution in [2.75, 3.05) is 0 Å². The molecule has 0 heterocycles. The molecular formula is C16H19ClO. The standard InChI is InChI=1S/C16H19ClO/c1-11(9-12(2)18)14-7-8-15(16(17)10-14)13-5-3-4-6-13/h7-10,13H,3-6H2,1-2H3. The lowest BCUT2D eigenvalue weighted by atomic mass is 9.95. The summed E-state index contributed by atoms with van der Waals surface area (Å²) in [6.45, 7) is 3.51. The Kier molecular flexibility index (Phi) is 4.23. The molecule has 0 spiro atoms. The maximum atomic E-state index is 11.1. The number of carbonyl (C=O) groups is 1. The number of hydrogen-bond donors (Lipinski definition) is 0. The Bertz CT molecular complexity index is 482. The minimum atomic E-state index is 0.0727. The number of benzene rings is 1. The molecule has 1 fully saturated rings. The quantitative estimate of drug-likeness (QED) is 0.702. The average molecular weight is 263 g/mol. The summed E-state index contributed by atoms with van der Waals surface area (Å²) in [6, 6.07) is 6.20. The van der Waals surface area contributed by atoms with Crippen molar-refractivity contribution in [1.29, 1.82) is 0 Å². The van der Waals surface area contributed by atoms with Gasteiger partial charge in [-0.2, -0.15) is 0 Å². The molecule has 1 aliphatic carbocycles. The highest BCUT2D eigenvalue weighted by molar-refractivity contribution is 6.31. The third-order valence-electron chi connectivity index (χ3n) is 3.67. The van der Waals surface area contributed by atoms with E-state index in [9.17, 15) is 4.79 Å². The average Bonchev–Trinajstić information content (AvgIpc) is 2.81. The molecular weight excluding hydrogens is 244 g/mol. The third kappa shape index (κ3) is 3.02. The zero-order valence-electron chi connectivity index (χ0n) is 11.0. The van der Waals surface area contributed by atoms with Crippen LogP contribution in [-0.4, -0.2) is 5.78 Å². The normalized spacial score (nSPS) is 17.2. The van der Waals surface area contributed by atoms with Gasteiger partial charge in [0.2, 0.25) is 0 Å². The summed E-state index contributed by atoms with van der Waals surface area (Å²) in [7, 11) is 0. The van der Waals surface area contributed by atoms with Crippen LogP contribution in [0.15, 0.2) is 24.3 Å². The van der Waals surface area contributed by atoms with Gasteiger partial charge in [-0.1, -0.05) is 36.6 Å². The number of ketones is 1. The SMILES string of the molecule is CC(=O)C=C(C)c1ccc(C2CCCC2)c(Cl)c1. The Labute approximate surface area is 114 Å². The maximum absolute atomic E-state index is 11.1. The molecule has 2 heteroatoms. The second-order valence-electron chi connectivity index (χ2n) is 5.16. The fourth-order valence-electron chi connectivity index (χ4n) is 2.73. The van der Waals surface area contributed by atoms with Gasteiger partial charge in [-0.15, -0.1) is 0 Å². The van der Waals surface area contributed by atoms with E-state index in [1.807, 2.05) is 13.0 Å². The van der Waals surface area contributed by atoms with Crippen molar-refractivity contribution < 1.29 is 4.79 Å². The van der Waals surface area contributed by atoms with E-state index in [0.29, 0.717) is 5.92 Å². The van der Waals surface area contributed by atoms with Gasteiger partial charge < -0.3 is 0 Å².